The summed E-state index contributed by atoms with van der Waals surface area (Å²) in [5, 5.41) is 19.4. The highest BCUT2D eigenvalue weighted by molar-refractivity contribution is 6.31. The second-order valence-corrected chi connectivity index (χ2v) is 3.02. The molecule has 1 aliphatic heterocycles. The van der Waals surface area contributed by atoms with E-state index in [1.807, 2.05) is 0 Å². The Labute approximate surface area is 77.4 Å². The van der Waals surface area contributed by atoms with Gasteiger partial charge < -0.3 is 10.4 Å². The summed E-state index contributed by atoms with van der Waals surface area (Å²) in [6.07, 6.45) is 2.27. The fourth-order valence-electron chi connectivity index (χ4n) is 0.708. The van der Waals surface area contributed by atoms with Crippen LogP contribution in [0, 0.1) is 10.1 Å². The minimum atomic E-state index is -2.23. The molecule has 66 valence electrons. The van der Waals surface area contributed by atoms with Crippen LogP contribution in [0.5, 0.6) is 0 Å². The van der Waals surface area contributed by atoms with Crippen LogP contribution in [0.4, 0.5) is 0 Å². The average Bonchev–Trinajstić information content (AvgIpc) is 1.82. The number of nitrogens with one attached hydrogen (secondary N) is 1. The topological polar surface area (TPSA) is 75.4 Å². The van der Waals surface area contributed by atoms with Gasteiger partial charge in [0.05, 0.1) is 4.92 Å². The minimum Gasteiger partial charge on any atom is -0.350 e. The number of allylic oxidation sites excluding steroid dienone is 2. The second-order valence-electron chi connectivity index (χ2n) is 2.07. The van der Waals surface area contributed by atoms with Crippen LogP contribution in [0.3, 0.4) is 0 Å². The van der Waals surface area contributed by atoms with Gasteiger partial charge in [-0.2, -0.15) is 0 Å². The number of rotatable bonds is 1. The number of dihydropyridines is 1. The van der Waals surface area contributed by atoms with Gasteiger partial charge in [-0.25, -0.2) is 0 Å². The maximum Gasteiger partial charge on any atom is 0.314 e. The van der Waals surface area contributed by atoms with Crippen molar-refractivity contribution in [3.8, 4) is 0 Å². The molecule has 1 heterocycles. The summed E-state index contributed by atoms with van der Waals surface area (Å²) in [4.78, 5) is 9.47. The van der Waals surface area contributed by atoms with Crippen molar-refractivity contribution in [2.45, 2.75) is 5.18 Å². The van der Waals surface area contributed by atoms with Crippen LogP contribution in [-0.4, -0.2) is 15.2 Å². The fourth-order valence-corrected chi connectivity index (χ4v) is 1.19. The van der Waals surface area contributed by atoms with Gasteiger partial charge in [-0.05, 0) is 6.08 Å². The lowest BCUT2D eigenvalue weighted by molar-refractivity contribution is -0.440. The van der Waals surface area contributed by atoms with Crippen LogP contribution in [0.2, 0.25) is 0 Å². The van der Waals surface area contributed by atoms with Crippen molar-refractivity contribution >= 4 is 23.2 Å². The Morgan fingerprint density at radius 2 is 2.25 bits per heavy atom. The molecule has 0 spiro atoms. The standard InChI is InChI=1S/C5H4Cl2N2O3/c6-4-2-1-3(9(11)12)5(7,10)8-4/h1-2,8,10H. The lowest BCUT2D eigenvalue weighted by Gasteiger charge is -2.21. The van der Waals surface area contributed by atoms with Crippen LogP contribution in [0.25, 0.3) is 0 Å². The van der Waals surface area contributed by atoms with Crippen LogP contribution >= 0.6 is 23.2 Å². The van der Waals surface area contributed by atoms with Gasteiger partial charge in [0.2, 0.25) is 0 Å². The van der Waals surface area contributed by atoms with Crippen LogP contribution in [-0.2, 0) is 0 Å². The van der Waals surface area contributed by atoms with Crippen molar-refractivity contribution in [3.05, 3.63) is 33.1 Å². The highest BCUT2D eigenvalue weighted by Gasteiger charge is 2.40. The Hall–Kier alpha value is -0.780. The molecule has 0 saturated carbocycles. The summed E-state index contributed by atoms with van der Waals surface area (Å²) in [7, 11) is 0. The average molecular weight is 211 g/mol. The lowest BCUT2D eigenvalue weighted by Crippen LogP contribution is -2.43. The third kappa shape index (κ3) is 1.69. The first-order chi connectivity index (χ1) is 5.43. The number of hydrogen-bond donors (Lipinski definition) is 2. The van der Waals surface area contributed by atoms with Crippen molar-refractivity contribution in [1.82, 2.24) is 5.32 Å². The van der Waals surface area contributed by atoms with Crippen molar-refractivity contribution in [2.75, 3.05) is 0 Å². The summed E-state index contributed by atoms with van der Waals surface area (Å²) in [5.41, 5.74) is -0.562. The predicted octanol–water partition coefficient (Wildman–Crippen LogP) is 0.715. The first kappa shape index (κ1) is 9.31. The molecule has 0 aromatic rings. The van der Waals surface area contributed by atoms with Crippen molar-refractivity contribution in [1.29, 1.82) is 0 Å². The zero-order valence-electron chi connectivity index (χ0n) is 5.62. The quantitative estimate of drug-likeness (QED) is 0.290. The number of halogens is 2. The molecule has 1 rings (SSSR count). The van der Waals surface area contributed by atoms with Crippen LogP contribution < -0.4 is 5.32 Å². The fraction of sp³-hybridized carbons (Fsp3) is 0.200. The molecule has 0 aromatic carbocycles. The van der Waals surface area contributed by atoms with Gasteiger partial charge in [0.25, 0.3) is 0 Å². The highest BCUT2D eigenvalue weighted by atomic mass is 35.5. The first-order valence-electron chi connectivity index (χ1n) is 2.85. The largest absolute Gasteiger partial charge is 0.350 e. The van der Waals surface area contributed by atoms with Crippen molar-refractivity contribution < 1.29 is 10.0 Å². The van der Waals surface area contributed by atoms with Crippen molar-refractivity contribution in [3.63, 3.8) is 0 Å². The Balaban J connectivity index is 3.04. The van der Waals surface area contributed by atoms with Gasteiger partial charge in [-0.15, -0.1) is 0 Å². The van der Waals surface area contributed by atoms with E-state index in [-0.39, 0.29) is 5.16 Å². The molecule has 5 nitrogen and oxygen atoms in total. The summed E-state index contributed by atoms with van der Waals surface area (Å²) < 4.78 is 0. The van der Waals surface area contributed by atoms with Gasteiger partial charge in [0.15, 0.2) is 0 Å². The Kier molecular flexibility index (Phi) is 2.27. The number of hydrogen-bond acceptors (Lipinski definition) is 4. The van der Waals surface area contributed by atoms with E-state index in [4.69, 9.17) is 23.2 Å². The Bertz CT molecular complexity index is 284. The van der Waals surface area contributed by atoms with Gasteiger partial charge in [-0.3, -0.25) is 10.1 Å². The molecule has 7 heteroatoms. The number of nitro groups is 1. The van der Waals surface area contributed by atoms with E-state index in [0.29, 0.717) is 0 Å². The molecule has 0 aliphatic carbocycles. The number of nitrogens with zero attached hydrogens (tertiary/aromatic N) is 1. The summed E-state index contributed by atoms with van der Waals surface area (Å²) in [6, 6.07) is 0. The molecule has 1 atom stereocenters. The molecule has 0 bridgehead atoms. The Morgan fingerprint density at radius 3 is 2.67 bits per heavy atom. The summed E-state index contributed by atoms with van der Waals surface area (Å²) >= 11 is 10.7. The van der Waals surface area contributed by atoms with Gasteiger partial charge in [0, 0.05) is 6.08 Å². The molecule has 0 radical (unpaired) electrons. The normalized spacial score (nSPS) is 28.6. The van der Waals surface area contributed by atoms with E-state index in [9.17, 15) is 15.2 Å². The van der Waals surface area contributed by atoms with E-state index in [1.165, 1.54) is 6.08 Å². The van der Waals surface area contributed by atoms with Gasteiger partial charge in [0.1, 0.15) is 5.16 Å². The SMILES string of the molecule is O=[N+]([O-])C1=CC=C(Cl)NC1(O)Cl. The van der Waals surface area contributed by atoms with Gasteiger partial charge >= 0.3 is 10.9 Å². The molecule has 1 aliphatic rings. The zero-order chi connectivity index (χ0) is 9.35. The van der Waals surface area contributed by atoms with E-state index in [0.717, 1.165) is 6.08 Å². The molecular formula is C5H4Cl2N2O3. The summed E-state index contributed by atoms with van der Waals surface area (Å²) in [6.45, 7) is 0. The minimum absolute atomic E-state index is 0.0399. The molecule has 0 saturated heterocycles. The van der Waals surface area contributed by atoms with E-state index < -0.39 is 15.8 Å². The van der Waals surface area contributed by atoms with E-state index in [2.05, 4.69) is 5.32 Å². The van der Waals surface area contributed by atoms with Gasteiger partial charge in [-0.1, -0.05) is 23.2 Å². The lowest BCUT2D eigenvalue weighted by atomic mass is 10.3. The smallest absolute Gasteiger partial charge is 0.314 e. The van der Waals surface area contributed by atoms with Crippen LogP contribution in [0.1, 0.15) is 0 Å². The molecule has 12 heavy (non-hydrogen) atoms. The molecule has 1 unspecified atom stereocenters. The summed E-state index contributed by atoms with van der Waals surface area (Å²) in [5.74, 6) is 0. The molecule has 0 aromatic heterocycles. The monoisotopic (exact) mass is 210 g/mol. The Morgan fingerprint density at radius 1 is 1.67 bits per heavy atom. The third-order valence-corrected chi connectivity index (χ3v) is 1.72. The van der Waals surface area contributed by atoms with E-state index in [1.54, 1.807) is 0 Å². The highest BCUT2D eigenvalue weighted by Crippen LogP contribution is 2.25. The maximum absolute atomic E-state index is 10.3. The van der Waals surface area contributed by atoms with E-state index >= 15 is 0 Å². The molecule has 2 N–H and O–H groups in total. The second kappa shape index (κ2) is 2.93. The number of aliphatic hydroxyl groups is 1. The van der Waals surface area contributed by atoms with Crippen molar-refractivity contribution in [2.24, 2.45) is 0 Å². The maximum atomic E-state index is 10.3. The number of alkyl halides is 1. The first-order valence-corrected chi connectivity index (χ1v) is 3.61. The third-order valence-electron chi connectivity index (χ3n) is 1.21. The molecule has 0 fully saturated rings. The molecule has 0 amide bonds. The zero-order valence-corrected chi connectivity index (χ0v) is 7.13. The predicted molar refractivity (Wildman–Crippen MR) is 43.0 cm³/mol. The molecular weight excluding hydrogens is 207 g/mol. The van der Waals surface area contributed by atoms with Crippen LogP contribution in [0.15, 0.2) is 23.0 Å².